The largest absolute Gasteiger partial charge is 0.388 e. The van der Waals surface area contributed by atoms with Crippen molar-refractivity contribution in [3.05, 3.63) is 71.1 Å². The Balaban J connectivity index is 1.61. The van der Waals surface area contributed by atoms with Crippen LogP contribution in [0.2, 0.25) is 0 Å². The van der Waals surface area contributed by atoms with Crippen LogP contribution in [0.1, 0.15) is 34.5 Å². The lowest BCUT2D eigenvalue weighted by Gasteiger charge is -2.36. The number of benzene rings is 2. The fourth-order valence-electron chi connectivity index (χ4n) is 3.88. The maximum absolute atomic E-state index is 12.8. The van der Waals surface area contributed by atoms with Crippen LogP contribution < -0.4 is 10.6 Å². The molecular weight excluding hydrogens is 360 g/mol. The Morgan fingerprint density at radius 1 is 1.00 bits per heavy atom. The molecule has 1 saturated heterocycles. The molecule has 7 nitrogen and oxygen atoms in total. The molecule has 1 heterocycles. The number of nitrogens with one attached hydrogen (secondary N) is 2. The van der Waals surface area contributed by atoms with Gasteiger partial charge >= 0.3 is 0 Å². The lowest BCUT2D eigenvalue weighted by molar-refractivity contribution is -0.0759. The molecule has 4 rings (SSSR count). The van der Waals surface area contributed by atoms with Crippen molar-refractivity contribution in [3.63, 3.8) is 0 Å². The van der Waals surface area contributed by atoms with Crippen molar-refractivity contribution in [1.82, 2.24) is 10.6 Å². The van der Waals surface area contributed by atoms with Crippen LogP contribution in [0.4, 0.5) is 0 Å². The third-order valence-corrected chi connectivity index (χ3v) is 5.43. The molecule has 0 spiro atoms. The second-order valence-corrected chi connectivity index (χ2v) is 7.19. The first kappa shape index (κ1) is 18.6. The maximum Gasteiger partial charge on any atom is 0.255 e. The van der Waals surface area contributed by atoms with E-state index < -0.39 is 36.4 Å². The van der Waals surface area contributed by atoms with E-state index in [-0.39, 0.29) is 5.70 Å². The Bertz CT molecular complexity index is 958. The average molecular weight is 382 g/mol. The van der Waals surface area contributed by atoms with Gasteiger partial charge in [0, 0.05) is 17.3 Å². The number of piperidine rings is 1. The number of hydrogen-bond donors (Lipinski definition) is 6. The summed E-state index contributed by atoms with van der Waals surface area (Å²) in [5.74, 6) is -0.446. The van der Waals surface area contributed by atoms with Crippen LogP contribution in [-0.4, -0.2) is 50.7 Å². The minimum Gasteiger partial charge on any atom is -0.388 e. The molecule has 1 aliphatic carbocycles. The van der Waals surface area contributed by atoms with Crippen molar-refractivity contribution in [2.75, 3.05) is 0 Å². The van der Waals surface area contributed by atoms with Gasteiger partial charge in [-0.3, -0.25) is 4.79 Å². The number of carbonyl (C=O) groups is 1. The van der Waals surface area contributed by atoms with E-state index in [0.29, 0.717) is 11.1 Å². The molecule has 6 N–H and O–H groups in total. The molecule has 0 aromatic heterocycles. The summed E-state index contributed by atoms with van der Waals surface area (Å²) in [5.41, 5.74) is 3.54. The van der Waals surface area contributed by atoms with Gasteiger partial charge in [-0.2, -0.15) is 0 Å². The van der Waals surface area contributed by atoms with Gasteiger partial charge in [0.25, 0.3) is 5.91 Å². The van der Waals surface area contributed by atoms with Crippen molar-refractivity contribution < 1.29 is 25.2 Å². The SMILES string of the molecule is C[C@@H]1N/C(=C\NC(=O)c2cccc3c2C(O)c2ccccc2-3)[C@@H](O)[C@H](O)[C@@H]1O. The van der Waals surface area contributed by atoms with Gasteiger partial charge in [0.15, 0.2) is 0 Å². The van der Waals surface area contributed by atoms with Crippen molar-refractivity contribution in [3.8, 4) is 11.1 Å². The van der Waals surface area contributed by atoms with Crippen molar-refractivity contribution in [1.29, 1.82) is 0 Å². The maximum atomic E-state index is 12.8. The summed E-state index contributed by atoms with van der Waals surface area (Å²) in [7, 11) is 0. The van der Waals surface area contributed by atoms with E-state index in [1.807, 2.05) is 30.3 Å². The average Bonchev–Trinajstić information content (AvgIpc) is 3.01. The van der Waals surface area contributed by atoms with Gasteiger partial charge in [0.2, 0.25) is 0 Å². The molecule has 0 radical (unpaired) electrons. The molecule has 2 aliphatic rings. The zero-order valence-electron chi connectivity index (χ0n) is 15.2. The summed E-state index contributed by atoms with van der Waals surface area (Å²) in [4.78, 5) is 12.8. The number of carbonyl (C=O) groups excluding carboxylic acids is 1. The smallest absolute Gasteiger partial charge is 0.255 e. The second kappa shape index (κ2) is 7.03. The van der Waals surface area contributed by atoms with Crippen LogP contribution in [0.5, 0.6) is 0 Å². The lowest BCUT2D eigenvalue weighted by atomic mass is 9.95. The van der Waals surface area contributed by atoms with Gasteiger partial charge in [-0.25, -0.2) is 0 Å². The van der Waals surface area contributed by atoms with Crippen LogP contribution in [0.25, 0.3) is 11.1 Å². The number of rotatable bonds is 2. The van der Waals surface area contributed by atoms with E-state index in [2.05, 4.69) is 10.6 Å². The molecule has 7 heteroatoms. The predicted molar refractivity (Wildman–Crippen MR) is 102 cm³/mol. The van der Waals surface area contributed by atoms with Gasteiger partial charge in [0.05, 0.1) is 11.7 Å². The van der Waals surface area contributed by atoms with Crippen molar-refractivity contribution >= 4 is 5.91 Å². The number of amides is 1. The first-order valence-electron chi connectivity index (χ1n) is 9.12. The molecule has 1 fully saturated rings. The number of fused-ring (bicyclic) bond motifs is 3. The zero-order chi connectivity index (χ0) is 20.0. The summed E-state index contributed by atoms with van der Waals surface area (Å²) in [6.45, 7) is 1.66. The molecule has 28 heavy (non-hydrogen) atoms. The van der Waals surface area contributed by atoms with Crippen molar-refractivity contribution in [2.24, 2.45) is 0 Å². The van der Waals surface area contributed by atoms with E-state index in [9.17, 15) is 25.2 Å². The van der Waals surface area contributed by atoms with Crippen LogP contribution in [-0.2, 0) is 0 Å². The minimum absolute atomic E-state index is 0.204. The monoisotopic (exact) mass is 382 g/mol. The molecule has 1 unspecified atom stereocenters. The molecule has 5 atom stereocenters. The Morgan fingerprint density at radius 3 is 2.50 bits per heavy atom. The highest BCUT2D eigenvalue weighted by atomic mass is 16.4. The van der Waals surface area contributed by atoms with Crippen LogP contribution in [0.3, 0.4) is 0 Å². The first-order chi connectivity index (χ1) is 13.4. The molecule has 1 aliphatic heterocycles. The summed E-state index contributed by atoms with van der Waals surface area (Å²) >= 11 is 0. The predicted octanol–water partition coefficient (Wildman–Crippen LogP) is 0.394. The van der Waals surface area contributed by atoms with E-state index in [1.165, 1.54) is 6.20 Å². The number of hydrogen-bond acceptors (Lipinski definition) is 6. The molecule has 0 bridgehead atoms. The van der Waals surface area contributed by atoms with E-state index >= 15 is 0 Å². The Hall–Kier alpha value is -2.71. The zero-order valence-corrected chi connectivity index (χ0v) is 15.2. The second-order valence-electron chi connectivity index (χ2n) is 7.19. The van der Waals surface area contributed by atoms with Crippen LogP contribution >= 0.6 is 0 Å². The van der Waals surface area contributed by atoms with E-state index in [4.69, 9.17) is 0 Å². The summed E-state index contributed by atoms with van der Waals surface area (Å²) < 4.78 is 0. The molecular formula is C21H22N2O5. The lowest BCUT2D eigenvalue weighted by Crippen LogP contribution is -2.57. The van der Waals surface area contributed by atoms with E-state index in [0.717, 1.165) is 16.7 Å². The Kier molecular flexibility index (Phi) is 4.68. The molecule has 2 aromatic rings. The minimum atomic E-state index is -1.35. The summed E-state index contributed by atoms with van der Waals surface area (Å²) in [5, 5.41) is 46.0. The third kappa shape index (κ3) is 2.89. The first-order valence-corrected chi connectivity index (χ1v) is 9.12. The van der Waals surface area contributed by atoms with Crippen LogP contribution in [0.15, 0.2) is 54.4 Å². The number of aliphatic hydroxyl groups excluding tert-OH is 4. The normalized spacial score (nSPS) is 29.8. The van der Waals surface area contributed by atoms with Crippen molar-refractivity contribution in [2.45, 2.75) is 37.4 Å². The van der Waals surface area contributed by atoms with Gasteiger partial charge in [0.1, 0.15) is 24.4 Å². The highest BCUT2D eigenvalue weighted by Gasteiger charge is 2.37. The number of aliphatic hydroxyl groups is 4. The van der Waals surface area contributed by atoms with Gasteiger partial charge in [-0.1, -0.05) is 36.4 Å². The topological polar surface area (TPSA) is 122 Å². The molecule has 2 aromatic carbocycles. The van der Waals surface area contributed by atoms with Gasteiger partial charge < -0.3 is 31.1 Å². The quantitative estimate of drug-likeness (QED) is 0.447. The Labute approximate surface area is 162 Å². The van der Waals surface area contributed by atoms with E-state index in [1.54, 1.807) is 19.1 Å². The van der Waals surface area contributed by atoms with Gasteiger partial charge in [-0.15, -0.1) is 0 Å². The summed E-state index contributed by atoms with van der Waals surface area (Å²) in [6, 6.07) is 12.2. The van der Waals surface area contributed by atoms with Crippen LogP contribution in [0, 0.1) is 0 Å². The standard InChI is InChI=1S/C21H22N2O5/c1-10-17(24)20(27)19(26)15(23-10)9-22-21(28)14-8-4-7-12-11-5-2-3-6-13(11)18(25)16(12)14/h2-10,17-20,23-27H,1H3,(H,22,28)/b15-9-/t10-,17+,18?,19+,20+/m0/s1. The molecule has 0 saturated carbocycles. The highest BCUT2D eigenvalue weighted by Crippen LogP contribution is 2.44. The van der Waals surface area contributed by atoms with Gasteiger partial charge in [-0.05, 0) is 29.7 Å². The highest BCUT2D eigenvalue weighted by molar-refractivity contribution is 6.00. The third-order valence-electron chi connectivity index (χ3n) is 5.43. The fraction of sp³-hybridized carbons (Fsp3) is 0.286. The molecule has 1 amide bonds. The fourth-order valence-corrected chi connectivity index (χ4v) is 3.88. The Morgan fingerprint density at radius 2 is 1.71 bits per heavy atom. The summed E-state index contributed by atoms with van der Waals surface area (Å²) in [6.07, 6.45) is -3.42. The molecule has 146 valence electrons.